The molecule has 31 heavy (non-hydrogen) atoms. The number of benzene rings is 3. The number of halogens is 1. The summed E-state index contributed by atoms with van der Waals surface area (Å²) in [7, 11) is -3.93. The molecule has 4 rings (SSSR count). The minimum absolute atomic E-state index is 0.0536. The van der Waals surface area contributed by atoms with Crippen LogP contribution in [0.5, 0.6) is 0 Å². The minimum atomic E-state index is -3.93. The van der Waals surface area contributed by atoms with Crippen LogP contribution in [0, 0.1) is 6.92 Å². The molecule has 1 amide bonds. The van der Waals surface area contributed by atoms with E-state index in [-0.39, 0.29) is 23.2 Å². The number of anilines is 1. The molecule has 7 heteroatoms. The summed E-state index contributed by atoms with van der Waals surface area (Å²) in [5, 5.41) is 0. The Labute approximate surface area is 187 Å². The third-order valence-corrected chi connectivity index (χ3v) is 7.63. The van der Waals surface area contributed by atoms with Gasteiger partial charge in [0.25, 0.3) is 15.9 Å². The normalized spacial score (nSPS) is 16.7. The van der Waals surface area contributed by atoms with Crippen molar-refractivity contribution < 1.29 is 13.2 Å². The van der Waals surface area contributed by atoms with E-state index in [1.165, 1.54) is 4.31 Å². The molecule has 0 aliphatic carbocycles. The molecule has 1 aliphatic heterocycles. The van der Waals surface area contributed by atoms with Gasteiger partial charge in [0.15, 0.2) is 0 Å². The van der Waals surface area contributed by atoms with Crippen molar-refractivity contribution in [2.45, 2.75) is 24.4 Å². The SMILES string of the molecule is Cc1ccc(S(=O)(=O)N2c3ccccc3C(=O)N(Cc3ccccc3)C[C@@H]2CCl)cc1. The molecule has 0 N–H and O–H groups in total. The Hall–Kier alpha value is -2.83. The molecule has 0 fully saturated rings. The maximum atomic E-state index is 13.7. The number of sulfonamides is 1. The first kappa shape index (κ1) is 21.4. The van der Waals surface area contributed by atoms with Gasteiger partial charge in [-0.05, 0) is 36.8 Å². The molecular weight excluding hydrogens is 432 g/mol. The molecule has 5 nitrogen and oxygen atoms in total. The van der Waals surface area contributed by atoms with Gasteiger partial charge in [-0.3, -0.25) is 9.10 Å². The number of alkyl halides is 1. The maximum Gasteiger partial charge on any atom is 0.264 e. The van der Waals surface area contributed by atoms with Gasteiger partial charge in [0, 0.05) is 19.0 Å². The number of carbonyl (C=O) groups is 1. The highest BCUT2D eigenvalue weighted by Gasteiger charge is 2.39. The first-order valence-corrected chi connectivity index (χ1v) is 12.0. The van der Waals surface area contributed by atoms with Gasteiger partial charge in [0.1, 0.15) is 0 Å². The summed E-state index contributed by atoms with van der Waals surface area (Å²) in [5.74, 6) is -0.158. The van der Waals surface area contributed by atoms with Crippen molar-refractivity contribution in [3.63, 3.8) is 0 Å². The smallest absolute Gasteiger partial charge is 0.264 e. The van der Waals surface area contributed by atoms with Crippen molar-refractivity contribution in [2.75, 3.05) is 16.7 Å². The van der Waals surface area contributed by atoms with Crippen LogP contribution in [0.25, 0.3) is 0 Å². The van der Waals surface area contributed by atoms with Crippen LogP contribution in [0.4, 0.5) is 5.69 Å². The molecule has 0 radical (unpaired) electrons. The predicted octanol–water partition coefficient (Wildman–Crippen LogP) is 4.45. The van der Waals surface area contributed by atoms with E-state index in [1.54, 1.807) is 53.4 Å². The summed E-state index contributed by atoms with van der Waals surface area (Å²) >= 11 is 6.30. The Morgan fingerprint density at radius 2 is 1.58 bits per heavy atom. The Morgan fingerprint density at radius 3 is 2.26 bits per heavy atom. The predicted molar refractivity (Wildman–Crippen MR) is 123 cm³/mol. The van der Waals surface area contributed by atoms with Crippen LogP contribution in [0.3, 0.4) is 0 Å². The van der Waals surface area contributed by atoms with Crippen LogP contribution in [0.2, 0.25) is 0 Å². The molecule has 0 bridgehead atoms. The number of carbonyl (C=O) groups excluding carboxylic acids is 1. The zero-order valence-corrected chi connectivity index (χ0v) is 18.7. The van der Waals surface area contributed by atoms with E-state index in [0.717, 1.165) is 11.1 Å². The summed E-state index contributed by atoms with van der Waals surface area (Å²) < 4.78 is 28.7. The number of nitrogens with zero attached hydrogens (tertiary/aromatic N) is 2. The van der Waals surface area contributed by atoms with Gasteiger partial charge < -0.3 is 4.90 Å². The van der Waals surface area contributed by atoms with Crippen LogP contribution >= 0.6 is 11.6 Å². The van der Waals surface area contributed by atoms with Crippen molar-refractivity contribution in [3.05, 3.63) is 95.6 Å². The molecule has 0 spiro atoms. The number of amides is 1. The number of para-hydroxylation sites is 1. The lowest BCUT2D eigenvalue weighted by Crippen LogP contribution is -2.46. The van der Waals surface area contributed by atoms with E-state index in [1.807, 2.05) is 37.3 Å². The molecule has 0 unspecified atom stereocenters. The summed E-state index contributed by atoms with van der Waals surface area (Å²) in [6.45, 7) is 2.47. The first-order chi connectivity index (χ1) is 14.9. The minimum Gasteiger partial charge on any atom is -0.332 e. The van der Waals surface area contributed by atoms with Crippen molar-refractivity contribution in [1.29, 1.82) is 0 Å². The first-order valence-electron chi connectivity index (χ1n) is 10.0. The van der Waals surface area contributed by atoms with Gasteiger partial charge >= 0.3 is 0 Å². The second kappa shape index (κ2) is 8.73. The molecule has 0 aromatic heterocycles. The van der Waals surface area contributed by atoms with Gasteiger partial charge in [-0.2, -0.15) is 0 Å². The summed E-state index contributed by atoms with van der Waals surface area (Å²) in [6.07, 6.45) is 0. The fraction of sp³-hybridized carbons (Fsp3) is 0.208. The molecule has 160 valence electrons. The highest BCUT2D eigenvalue weighted by atomic mass is 35.5. The highest BCUT2D eigenvalue weighted by Crippen LogP contribution is 2.34. The van der Waals surface area contributed by atoms with Crippen molar-refractivity contribution >= 4 is 33.2 Å². The molecule has 0 saturated heterocycles. The fourth-order valence-corrected chi connectivity index (χ4v) is 5.80. The number of aryl methyl sites for hydroxylation is 1. The molecular formula is C24H23ClN2O3S. The molecule has 3 aromatic carbocycles. The standard InChI is InChI=1S/C24H23ClN2O3S/c1-18-11-13-21(14-12-18)31(29,30)27-20(15-25)17-26(16-19-7-3-2-4-8-19)24(28)22-9-5-6-10-23(22)27/h2-14,20H,15-17H2,1H3/t20-/m0/s1. The monoisotopic (exact) mass is 454 g/mol. The summed E-state index contributed by atoms with van der Waals surface area (Å²) in [5.41, 5.74) is 2.64. The van der Waals surface area contributed by atoms with E-state index in [9.17, 15) is 13.2 Å². The van der Waals surface area contributed by atoms with E-state index < -0.39 is 16.1 Å². The average molecular weight is 455 g/mol. The summed E-state index contributed by atoms with van der Waals surface area (Å²) in [4.78, 5) is 15.3. The van der Waals surface area contributed by atoms with E-state index >= 15 is 0 Å². The number of rotatable bonds is 5. The second-order valence-corrected chi connectivity index (χ2v) is 9.73. The zero-order chi connectivity index (χ0) is 22.0. The van der Waals surface area contributed by atoms with Gasteiger partial charge in [-0.25, -0.2) is 8.42 Å². The average Bonchev–Trinajstić information content (AvgIpc) is 2.90. The largest absolute Gasteiger partial charge is 0.332 e. The van der Waals surface area contributed by atoms with Crippen LogP contribution in [-0.4, -0.2) is 37.7 Å². The lowest BCUT2D eigenvalue weighted by atomic mass is 10.1. The van der Waals surface area contributed by atoms with Crippen LogP contribution < -0.4 is 4.31 Å². The van der Waals surface area contributed by atoms with Crippen LogP contribution in [-0.2, 0) is 16.6 Å². The number of hydrogen-bond donors (Lipinski definition) is 0. The van der Waals surface area contributed by atoms with E-state index in [0.29, 0.717) is 17.8 Å². The molecule has 3 aromatic rings. The maximum absolute atomic E-state index is 13.7. The molecule has 0 saturated carbocycles. The van der Waals surface area contributed by atoms with Gasteiger partial charge in [0.05, 0.1) is 22.2 Å². The van der Waals surface area contributed by atoms with Crippen LogP contribution in [0.1, 0.15) is 21.5 Å². The Bertz CT molecular complexity index is 1180. The quantitative estimate of drug-likeness (QED) is 0.535. The lowest BCUT2D eigenvalue weighted by Gasteiger charge is -2.32. The van der Waals surface area contributed by atoms with Crippen molar-refractivity contribution in [1.82, 2.24) is 4.90 Å². The van der Waals surface area contributed by atoms with Crippen LogP contribution in [0.15, 0.2) is 83.8 Å². The molecule has 1 atom stereocenters. The lowest BCUT2D eigenvalue weighted by molar-refractivity contribution is 0.0744. The fourth-order valence-electron chi connectivity index (χ4n) is 3.83. The Kier molecular flexibility index (Phi) is 6.03. The summed E-state index contributed by atoms with van der Waals surface area (Å²) in [6, 6.07) is 22.6. The van der Waals surface area contributed by atoms with Gasteiger partial charge in [-0.15, -0.1) is 11.6 Å². The topological polar surface area (TPSA) is 57.7 Å². The number of hydrogen-bond acceptors (Lipinski definition) is 3. The van der Waals surface area contributed by atoms with E-state index in [4.69, 9.17) is 11.6 Å². The van der Waals surface area contributed by atoms with Crippen molar-refractivity contribution in [2.24, 2.45) is 0 Å². The van der Waals surface area contributed by atoms with E-state index in [2.05, 4.69) is 0 Å². The Morgan fingerprint density at radius 1 is 0.935 bits per heavy atom. The zero-order valence-electron chi connectivity index (χ0n) is 17.1. The van der Waals surface area contributed by atoms with Crippen molar-refractivity contribution in [3.8, 4) is 0 Å². The third-order valence-electron chi connectivity index (χ3n) is 5.39. The van der Waals surface area contributed by atoms with Gasteiger partial charge in [-0.1, -0.05) is 60.2 Å². The molecule has 1 aliphatic rings. The Balaban J connectivity index is 1.82. The molecule has 1 heterocycles. The number of fused-ring (bicyclic) bond motifs is 1. The van der Waals surface area contributed by atoms with Gasteiger partial charge in [0.2, 0.25) is 0 Å². The highest BCUT2D eigenvalue weighted by molar-refractivity contribution is 7.92. The third kappa shape index (κ3) is 4.18. The second-order valence-electron chi connectivity index (χ2n) is 7.61.